The molecule has 0 aliphatic rings. The third-order valence-corrected chi connectivity index (χ3v) is 11.5. The maximum atomic E-state index is 7.76. The molecule has 4 aromatic heterocycles. The van der Waals surface area contributed by atoms with Crippen LogP contribution >= 0.6 is 11.3 Å². The van der Waals surface area contributed by atoms with E-state index in [4.69, 9.17) is 11.6 Å². The van der Waals surface area contributed by atoms with E-state index in [0.717, 1.165) is 49.8 Å². The molecule has 0 aliphatic heterocycles. The van der Waals surface area contributed by atoms with Crippen molar-refractivity contribution in [2.75, 3.05) is 0 Å². The molecule has 11 rings (SSSR count). The van der Waals surface area contributed by atoms with E-state index in [-0.39, 0.29) is 0 Å². The van der Waals surface area contributed by atoms with Crippen molar-refractivity contribution >= 4 is 86.5 Å². The second kappa shape index (κ2) is 10.6. The predicted octanol–water partition coefficient (Wildman–Crippen LogP) is 13.0. The van der Waals surface area contributed by atoms with Crippen molar-refractivity contribution in [2.45, 2.75) is 0 Å². The molecule has 0 aliphatic carbocycles. The number of hydrogen-bond donors (Lipinski definition) is 0. The highest BCUT2D eigenvalue weighted by Gasteiger charge is 2.20. The minimum absolute atomic E-state index is 0.642. The van der Waals surface area contributed by atoms with Gasteiger partial charge >= 0.3 is 0 Å². The van der Waals surface area contributed by atoms with Gasteiger partial charge in [-0.05, 0) is 104 Å². The van der Waals surface area contributed by atoms with Gasteiger partial charge in [-0.3, -0.25) is 4.40 Å². The van der Waals surface area contributed by atoms with Gasteiger partial charge in [0.25, 0.3) is 0 Å². The number of rotatable bonds is 3. The van der Waals surface area contributed by atoms with Crippen molar-refractivity contribution < 1.29 is 0 Å². The Kier molecular flexibility index (Phi) is 5.86. The fraction of sp³-hybridized carbons (Fsp3) is 0. The monoisotopic (exact) mass is 666 g/mol. The van der Waals surface area contributed by atoms with Crippen molar-refractivity contribution in [3.8, 4) is 27.9 Å². The Balaban J connectivity index is 1.19. The number of aromatic nitrogens is 3. The second-order valence-electron chi connectivity index (χ2n) is 13.1. The Morgan fingerprint density at radius 2 is 1.12 bits per heavy atom. The Labute approximate surface area is 296 Å². The number of para-hydroxylation sites is 1. The van der Waals surface area contributed by atoms with Crippen LogP contribution in [-0.2, 0) is 0 Å². The van der Waals surface area contributed by atoms with E-state index in [2.05, 4.69) is 153 Å². The molecule has 0 fully saturated rings. The number of nitrogens with zero attached hydrogens (tertiary/aromatic N) is 4. The highest BCUT2D eigenvalue weighted by molar-refractivity contribution is 7.25. The van der Waals surface area contributed by atoms with Gasteiger partial charge in [-0.2, -0.15) is 0 Å². The lowest BCUT2D eigenvalue weighted by Crippen LogP contribution is -1.94. The molecular formula is C46H26N4S. The van der Waals surface area contributed by atoms with Gasteiger partial charge in [0.1, 0.15) is 16.0 Å². The van der Waals surface area contributed by atoms with Crippen LogP contribution < -0.4 is 0 Å². The molecule has 0 bridgehead atoms. The van der Waals surface area contributed by atoms with Crippen LogP contribution in [0.25, 0.3) is 102 Å². The molecule has 0 amide bonds. The minimum Gasteiger partial charge on any atom is -0.309 e. The van der Waals surface area contributed by atoms with E-state index in [1.54, 1.807) is 11.3 Å². The molecule has 0 radical (unpaired) electrons. The summed E-state index contributed by atoms with van der Waals surface area (Å²) in [5, 5.41) is 8.24. The Hall–Kier alpha value is -6.74. The highest BCUT2D eigenvalue weighted by atomic mass is 32.1. The Bertz CT molecular complexity index is 3210. The molecule has 51 heavy (non-hydrogen) atoms. The molecule has 5 heteroatoms. The maximum absolute atomic E-state index is 7.76. The van der Waals surface area contributed by atoms with Gasteiger partial charge in [0.2, 0.25) is 0 Å². The second-order valence-corrected chi connectivity index (χ2v) is 14.1. The standard InChI is InChI=1S/C46H26N4S/c1-47-30-21-23-40-38(26-30)37-25-28(19-22-39(37)50(40)31-11-3-2-4-12-31)43-32-13-5-7-15-34(32)44(35-16-8-6-14-33(35)43)29-20-24-42-48-45-36-17-9-10-18-41(36)51-46(45)49(42)27-29/h2-27H. The molecule has 0 N–H and O–H groups in total. The lowest BCUT2D eigenvalue weighted by atomic mass is 9.86. The quantitative estimate of drug-likeness (QED) is 0.136. The molecule has 236 valence electrons. The fourth-order valence-electron chi connectivity index (χ4n) is 8.14. The number of thiophene rings is 1. The normalized spacial score (nSPS) is 11.9. The number of pyridine rings is 1. The Morgan fingerprint density at radius 1 is 0.529 bits per heavy atom. The minimum atomic E-state index is 0.642. The van der Waals surface area contributed by atoms with Gasteiger partial charge in [-0.1, -0.05) is 97.1 Å². The van der Waals surface area contributed by atoms with Crippen LogP contribution in [0.2, 0.25) is 0 Å². The summed E-state index contributed by atoms with van der Waals surface area (Å²) >= 11 is 1.80. The van der Waals surface area contributed by atoms with Crippen molar-refractivity contribution in [3.63, 3.8) is 0 Å². The van der Waals surface area contributed by atoms with Gasteiger partial charge in [0, 0.05) is 27.4 Å². The average molecular weight is 667 g/mol. The average Bonchev–Trinajstić information content (AvgIpc) is 3.84. The van der Waals surface area contributed by atoms with Crippen molar-refractivity contribution in [2.24, 2.45) is 0 Å². The first-order valence-electron chi connectivity index (χ1n) is 17.0. The van der Waals surface area contributed by atoms with Gasteiger partial charge in [0.15, 0.2) is 5.69 Å². The van der Waals surface area contributed by atoms with E-state index < -0.39 is 0 Å². The molecular weight excluding hydrogens is 641 g/mol. The van der Waals surface area contributed by atoms with Gasteiger partial charge in [-0.25, -0.2) is 9.83 Å². The van der Waals surface area contributed by atoms with Crippen molar-refractivity contribution in [1.82, 2.24) is 14.0 Å². The van der Waals surface area contributed by atoms with Gasteiger partial charge in [-0.15, -0.1) is 11.3 Å². The van der Waals surface area contributed by atoms with Crippen LogP contribution in [0, 0.1) is 6.57 Å². The van der Waals surface area contributed by atoms with Gasteiger partial charge < -0.3 is 4.57 Å². The van der Waals surface area contributed by atoms with Crippen LogP contribution in [0.4, 0.5) is 5.69 Å². The summed E-state index contributed by atoms with van der Waals surface area (Å²) in [6.45, 7) is 7.76. The summed E-state index contributed by atoms with van der Waals surface area (Å²) in [5.41, 5.74) is 10.7. The largest absolute Gasteiger partial charge is 0.309 e. The zero-order valence-electron chi connectivity index (χ0n) is 27.2. The van der Waals surface area contributed by atoms with E-state index in [0.29, 0.717) is 5.69 Å². The summed E-state index contributed by atoms with van der Waals surface area (Å²) in [5.74, 6) is 0. The lowest BCUT2D eigenvalue weighted by molar-refractivity contribution is 1.18. The maximum Gasteiger partial charge on any atom is 0.188 e. The van der Waals surface area contributed by atoms with Crippen molar-refractivity contribution in [3.05, 3.63) is 169 Å². The topological polar surface area (TPSA) is 26.6 Å². The van der Waals surface area contributed by atoms with Gasteiger partial charge in [0.05, 0.1) is 17.6 Å². The molecule has 0 unspecified atom stereocenters. The molecule has 0 saturated heterocycles. The lowest BCUT2D eigenvalue weighted by Gasteiger charge is -2.18. The first kappa shape index (κ1) is 28.1. The van der Waals surface area contributed by atoms with Crippen LogP contribution in [0.15, 0.2) is 158 Å². The highest BCUT2D eigenvalue weighted by Crippen LogP contribution is 2.46. The molecule has 7 aromatic carbocycles. The predicted molar refractivity (Wildman–Crippen MR) is 215 cm³/mol. The van der Waals surface area contributed by atoms with E-state index in [1.807, 2.05) is 18.2 Å². The summed E-state index contributed by atoms with van der Waals surface area (Å²) in [4.78, 5) is 10.0. The molecule has 11 aromatic rings. The number of imidazole rings is 1. The van der Waals surface area contributed by atoms with Crippen LogP contribution in [0.1, 0.15) is 0 Å². The SMILES string of the molecule is [C-]#[N+]c1ccc2c(c1)c1cc(-c3c4ccccc4c(-c4ccc5nc6c7ccccc7sc6n5c4)c4ccccc34)ccc1n2-c1ccccc1. The van der Waals surface area contributed by atoms with E-state index in [9.17, 15) is 0 Å². The van der Waals surface area contributed by atoms with Crippen molar-refractivity contribution in [1.29, 1.82) is 0 Å². The molecule has 4 nitrogen and oxygen atoms in total. The zero-order chi connectivity index (χ0) is 33.6. The van der Waals surface area contributed by atoms with Crippen LogP contribution in [-0.4, -0.2) is 14.0 Å². The fourth-order valence-corrected chi connectivity index (χ4v) is 9.27. The van der Waals surface area contributed by atoms with Crippen LogP contribution in [0.3, 0.4) is 0 Å². The van der Waals surface area contributed by atoms with E-state index in [1.165, 1.54) is 47.6 Å². The number of fused-ring (bicyclic) bond motifs is 10. The summed E-state index contributed by atoms with van der Waals surface area (Å²) < 4.78 is 5.83. The summed E-state index contributed by atoms with van der Waals surface area (Å²) in [6, 6.07) is 53.9. The zero-order valence-corrected chi connectivity index (χ0v) is 28.0. The first-order chi connectivity index (χ1) is 25.2. The number of hydrogen-bond acceptors (Lipinski definition) is 2. The third-order valence-electron chi connectivity index (χ3n) is 10.3. The number of benzene rings is 7. The summed E-state index contributed by atoms with van der Waals surface area (Å²) in [7, 11) is 0. The Morgan fingerprint density at radius 3 is 1.82 bits per heavy atom. The van der Waals surface area contributed by atoms with Crippen LogP contribution in [0.5, 0.6) is 0 Å². The summed E-state index contributed by atoms with van der Waals surface area (Å²) in [6.07, 6.45) is 2.27. The molecule has 0 saturated carbocycles. The molecule has 0 atom stereocenters. The smallest absolute Gasteiger partial charge is 0.188 e. The molecule has 0 spiro atoms. The third kappa shape index (κ3) is 4.03. The molecule has 4 heterocycles. The van der Waals surface area contributed by atoms with E-state index >= 15 is 0 Å². The first-order valence-corrected chi connectivity index (χ1v) is 17.8.